The number of aliphatic hydroxyl groups excluding tert-OH is 2. The van der Waals surface area contributed by atoms with Gasteiger partial charge in [-0.25, -0.2) is 23.8 Å². The summed E-state index contributed by atoms with van der Waals surface area (Å²) in [7, 11) is -15.4. The lowest BCUT2D eigenvalue weighted by molar-refractivity contribution is -0.0296. The molecule has 5 unspecified atom stereocenters. The van der Waals surface area contributed by atoms with Crippen LogP contribution in [0.3, 0.4) is 0 Å². The van der Waals surface area contributed by atoms with E-state index >= 15 is 0 Å². The number of nitrogen functional groups attached to an aromatic ring is 1. The van der Waals surface area contributed by atoms with Gasteiger partial charge >= 0.3 is 23.0 Å². The van der Waals surface area contributed by atoms with Crippen LogP contribution in [0.4, 0.5) is 5.82 Å². The summed E-state index contributed by atoms with van der Waals surface area (Å²) >= 11 is 0. The summed E-state index contributed by atoms with van der Waals surface area (Å²) in [5, 5.41) is 21.2. The summed E-state index contributed by atoms with van der Waals surface area (Å²) in [4.78, 5) is 48.8. The van der Waals surface area contributed by atoms with Gasteiger partial charge in [-0.1, -0.05) is 0 Å². The van der Waals surface area contributed by atoms with Gasteiger partial charge in [0.25, 0.3) is 0 Å². The molecule has 0 aromatic carbocycles. The first-order valence-corrected chi connectivity index (χ1v) is 14.1. The van der Waals surface area contributed by atoms with Crippen molar-refractivity contribution in [2.24, 2.45) is 11.3 Å². The molecule has 16 nitrogen and oxygen atoms in total. The molecule has 2 aromatic rings. The maximum absolute atomic E-state index is 12.1. The second-order valence-corrected chi connectivity index (χ2v) is 13.4. The van der Waals surface area contributed by atoms with Crippen LogP contribution in [-0.4, -0.2) is 74.0 Å². The van der Waals surface area contributed by atoms with Gasteiger partial charge in [0.05, 0.1) is 25.1 Å². The monoisotopic (exact) mass is 515 g/mol. The summed E-state index contributed by atoms with van der Waals surface area (Å²) in [6.45, 7) is -0.639. The van der Waals surface area contributed by atoms with Gasteiger partial charge in [0.1, 0.15) is 17.9 Å². The topological polar surface area (TPSA) is 261 Å². The van der Waals surface area contributed by atoms with Crippen molar-refractivity contribution in [1.82, 2.24) is 19.5 Å². The zero-order valence-corrected chi connectivity index (χ0v) is 18.7. The van der Waals surface area contributed by atoms with Crippen LogP contribution >= 0.6 is 23.0 Å². The van der Waals surface area contributed by atoms with E-state index in [0.29, 0.717) is 11.2 Å². The number of aliphatic hydroxyl groups is 2. The van der Waals surface area contributed by atoms with Gasteiger partial charge in [0.15, 0.2) is 17.4 Å². The van der Waals surface area contributed by atoms with Crippen LogP contribution in [0.1, 0.15) is 12.5 Å². The summed E-state index contributed by atoms with van der Waals surface area (Å²) in [6, 6.07) is -0.731. The number of nitrogens with two attached hydrogens (primary N) is 1. The molecule has 0 bridgehead atoms. The molecule has 0 saturated heterocycles. The summed E-state index contributed by atoms with van der Waals surface area (Å²) in [6.07, 6.45) is 0.111. The first-order chi connectivity index (χ1) is 14.7. The molecular formula is C13H20N5O11P3. The maximum atomic E-state index is 12.1. The van der Waals surface area contributed by atoms with Crippen LogP contribution in [0, 0.1) is 11.3 Å². The number of rotatable bonds is 8. The molecule has 0 amide bonds. The van der Waals surface area contributed by atoms with E-state index in [-0.39, 0.29) is 12.2 Å². The van der Waals surface area contributed by atoms with Gasteiger partial charge in [-0.2, -0.15) is 0 Å². The van der Waals surface area contributed by atoms with E-state index in [0.717, 1.165) is 0 Å². The van der Waals surface area contributed by atoms with Crippen molar-refractivity contribution in [1.29, 1.82) is 0 Å². The summed E-state index contributed by atoms with van der Waals surface area (Å²) in [5.41, 5.74) is 5.19. The van der Waals surface area contributed by atoms with Crippen LogP contribution < -0.4 is 5.73 Å². The Morgan fingerprint density at radius 1 is 1.16 bits per heavy atom. The van der Waals surface area contributed by atoms with Crippen LogP contribution in [-0.2, 0) is 22.5 Å². The van der Waals surface area contributed by atoms with Crippen molar-refractivity contribution in [2.75, 3.05) is 18.2 Å². The van der Waals surface area contributed by atoms with Crippen LogP contribution in [0.2, 0.25) is 0 Å². The Balaban J connectivity index is 1.50. The lowest BCUT2D eigenvalue weighted by atomic mass is 10.0. The molecule has 2 aliphatic carbocycles. The standard InChI is InChI=1S/C13H20N5O11P3/c14-11-7-12(16-3-15-11)18(4-17-7)8-6-1-13(6,10(20)9(8)19)2-28-32(26,27)29-31(24,25)5-30(21,22)23/h3-4,6,8-10,19-20H,1-2,5H2,(H,24,25)(H,26,27)(H2,14,15,16)(H2,21,22,23)/t6-,8?,9?,10?,13+/m1/s1. The van der Waals surface area contributed by atoms with E-state index in [9.17, 15) is 33.7 Å². The minimum Gasteiger partial charge on any atom is -0.390 e. The molecule has 178 valence electrons. The second kappa shape index (κ2) is 7.62. The molecule has 32 heavy (non-hydrogen) atoms. The fourth-order valence-corrected chi connectivity index (χ4v) is 8.68. The molecule has 4 rings (SSSR count). The second-order valence-electron chi connectivity index (χ2n) is 7.82. The number of hydrogen-bond acceptors (Lipinski definition) is 11. The number of hydrogen-bond donors (Lipinski definition) is 7. The van der Waals surface area contributed by atoms with E-state index in [4.69, 9.17) is 20.0 Å². The fraction of sp³-hybridized carbons (Fsp3) is 0.615. The average molecular weight is 515 g/mol. The Morgan fingerprint density at radius 3 is 2.50 bits per heavy atom. The van der Waals surface area contributed by atoms with E-state index in [2.05, 4.69) is 19.3 Å². The van der Waals surface area contributed by atoms with Gasteiger partial charge in [0.2, 0.25) is 0 Å². The highest BCUT2D eigenvalue weighted by Gasteiger charge is 2.72. The first-order valence-electron chi connectivity index (χ1n) is 9.00. The van der Waals surface area contributed by atoms with Crippen LogP contribution in [0.5, 0.6) is 0 Å². The number of fused-ring (bicyclic) bond motifs is 2. The van der Waals surface area contributed by atoms with E-state index in [1.807, 2.05) is 0 Å². The SMILES string of the molecule is Nc1ncnc2c1ncn2C1C(O)C(O)[C@]2(COP(=O)(O)OP(=O)(O)CP(=O)(O)O)C[C@H]12. The van der Waals surface area contributed by atoms with Gasteiger partial charge in [0, 0.05) is 5.41 Å². The number of aromatic nitrogens is 4. The maximum Gasteiger partial charge on any atom is 0.479 e. The Kier molecular flexibility index (Phi) is 5.68. The fourth-order valence-electron chi connectivity index (χ4n) is 4.26. The predicted octanol–water partition coefficient (Wildman–Crippen LogP) is -0.855. The lowest BCUT2D eigenvalue weighted by Crippen LogP contribution is -2.35. The number of imidazole rings is 1. The minimum absolute atomic E-state index is 0.120. The number of phosphoric acid groups is 1. The highest BCUT2D eigenvalue weighted by atomic mass is 31.3. The molecule has 2 fully saturated rings. The highest BCUT2D eigenvalue weighted by molar-refractivity contribution is 7.73. The van der Waals surface area contributed by atoms with Crippen molar-refractivity contribution in [3.8, 4) is 0 Å². The Bertz CT molecular complexity index is 1200. The van der Waals surface area contributed by atoms with Crippen molar-refractivity contribution in [3.05, 3.63) is 12.7 Å². The van der Waals surface area contributed by atoms with Crippen LogP contribution in [0.15, 0.2) is 12.7 Å². The zero-order valence-electron chi connectivity index (χ0n) is 16.0. The highest BCUT2D eigenvalue weighted by Crippen LogP contribution is 2.70. The quantitative estimate of drug-likeness (QED) is 0.211. The predicted molar refractivity (Wildman–Crippen MR) is 105 cm³/mol. The van der Waals surface area contributed by atoms with E-state index in [1.54, 1.807) is 0 Å². The number of phosphoric ester groups is 1. The van der Waals surface area contributed by atoms with Crippen molar-refractivity contribution < 1.29 is 52.3 Å². The summed E-state index contributed by atoms with van der Waals surface area (Å²) < 4.78 is 45.0. The molecule has 2 aromatic heterocycles. The average Bonchev–Trinajstić information content (AvgIpc) is 3.12. The summed E-state index contributed by atoms with van der Waals surface area (Å²) in [5.74, 6) is -2.00. The van der Waals surface area contributed by atoms with Gasteiger partial charge in [-0.15, -0.1) is 0 Å². The molecule has 8 N–H and O–H groups in total. The molecule has 7 atom stereocenters. The van der Waals surface area contributed by atoms with E-state index in [1.165, 1.54) is 17.2 Å². The molecule has 2 aliphatic rings. The molecule has 0 aliphatic heterocycles. The number of anilines is 1. The largest absolute Gasteiger partial charge is 0.479 e. The lowest BCUT2D eigenvalue weighted by Gasteiger charge is -2.24. The molecule has 2 saturated carbocycles. The molecule has 0 spiro atoms. The Morgan fingerprint density at radius 2 is 1.84 bits per heavy atom. The van der Waals surface area contributed by atoms with Gasteiger partial charge in [-0.05, 0) is 12.3 Å². The Hall–Kier alpha value is -1.28. The van der Waals surface area contributed by atoms with Gasteiger partial charge < -0.3 is 40.1 Å². The normalized spacial score (nSPS) is 33.6. The van der Waals surface area contributed by atoms with Crippen molar-refractivity contribution >= 4 is 40.0 Å². The third kappa shape index (κ3) is 4.29. The molecule has 0 radical (unpaired) electrons. The minimum atomic E-state index is -5.25. The third-order valence-electron chi connectivity index (χ3n) is 5.65. The zero-order chi connectivity index (χ0) is 23.7. The number of nitrogens with zero attached hydrogens (tertiary/aromatic N) is 4. The van der Waals surface area contributed by atoms with Crippen LogP contribution in [0.25, 0.3) is 11.2 Å². The smallest absolute Gasteiger partial charge is 0.390 e. The third-order valence-corrected chi connectivity index (χ3v) is 10.9. The first kappa shape index (κ1) is 23.9. The molecular weight excluding hydrogens is 495 g/mol. The van der Waals surface area contributed by atoms with E-state index < -0.39 is 65.1 Å². The Labute approximate surface area is 179 Å². The van der Waals surface area contributed by atoms with Crippen molar-refractivity contribution in [2.45, 2.75) is 24.7 Å². The molecule has 2 heterocycles. The van der Waals surface area contributed by atoms with Gasteiger partial charge in [-0.3, -0.25) is 13.7 Å². The molecule has 19 heteroatoms. The van der Waals surface area contributed by atoms with Crippen molar-refractivity contribution in [3.63, 3.8) is 0 Å².